The minimum absolute atomic E-state index is 0.0542. The van der Waals surface area contributed by atoms with Crippen molar-refractivity contribution >= 4 is 35.0 Å². The second-order valence-electron chi connectivity index (χ2n) is 8.03. The molecule has 0 heterocycles. The Balaban J connectivity index is 1.59. The summed E-state index contributed by atoms with van der Waals surface area (Å²) < 4.78 is 5.68. The molecule has 0 fully saturated rings. The Bertz CT molecular complexity index is 1100. The summed E-state index contributed by atoms with van der Waals surface area (Å²) in [4.78, 5) is 26.5. The van der Waals surface area contributed by atoms with Crippen molar-refractivity contribution in [2.45, 2.75) is 50.2 Å². The molecule has 34 heavy (non-hydrogen) atoms. The van der Waals surface area contributed by atoms with Crippen LogP contribution in [0.3, 0.4) is 0 Å². The number of anilines is 2. The van der Waals surface area contributed by atoms with E-state index in [4.69, 9.17) is 4.74 Å². The predicted octanol–water partition coefficient (Wildman–Crippen LogP) is 6.94. The summed E-state index contributed by atoms with van der Waals surface area (Å²) in [7, 11) is 0. The number of thioether (sulfide) groups is 1. The summed E-state index contributed by atoms with van der Waals surface area (Å²) in [6, 6.07) is 22.6. The summed E-state index contributed by atoms with van der Waals surface area (Å²) in [6.07, 6.45) is 2.78. The van der Waals surface area contributed by atoms with Crippen LogP contribution in [-0.2, 0) is 4.79 Å². The number of carbonyl (C=O) groups is 2. The average molecular weight is 477 g/mol. The number of amides is 2. The molecular weight excluding hydrogens is 444 g/mol. The van der Waals surface area contributed by atoms with E-state index in [0.29, 0.717) is 24.3 Å². The van der Waals surface area contributed by atoms with E-state index in [1.54, 1.807) is 0 Å². The second kappa shape index (κ2) is 12.8. The molecule has 3 aromatic rings. The zero-order chi connectivity index (χ0) is 24.3. The second-order valence-corrected chi connectivity index (χ2v) is 9.30. The molecule has 0 saturated carbocycles. The highest BCUT2D eigenvalue weighted by molar-refractivity contribution is 8.00. The lowest BCUT2D eigenvalue weighted by Gasteiger charge is -2.16. The predicted molar refractivity (Wildman–Crippen MR) is 141 cm³/mol. The maximum absolute atomic E-state index is 12.9. The van der Waals surface area contributed by atoms with Crippen LogP contribution in [-0.4, -0.2) is 23.7 Å². The molecule has 2 amide bonds. The van der Waals surface area contributed by atoms with E-state index in [9.17, 15) is 9.59 Å². The monoisotopic (exact) mass is 476 g/mol. The van der Waals surface area contributed by atoms with Crippen molar-refractivity contribution in [3.63, 3.8) is 0 Å². The minimum atomic E-state index is -0.261. The van der Waals surface area contributed by atoms with Gasteiger partial charge in [-0.3, -0.25) is 9.59 Å². The van der Waals surface area contributed by atoms with E-state index < -0.39 is 0 Å². The first-order valence-corrected chi connectivity index (χ1v) is 12.6. The van der Waals surface area contributed by atoms with Gasteiger partial charge in [0.05, 0.1) is 11.9 Å². The molecule has 3 rings (SSSR count). The molecule has 0 radical (unpaired) electrons. The third-order valence-corrected chi connectivity index (χ3v) is 6.67. The van der Waals surface area contributed by atoms with Gasteiger partial charge >= 0.3 is 0 Å². The Morgan fingerprint density at radius 2 is 1.68 bits per heavy atom. The highest BCUT2D eigenvalue weighted by Gasteiger charge is 2.19. The Morgan fingerprint density at radius 1 is 0.912 bits per heavy atom. The molecule has 0 bridgehead atoms. The van der Waals surface area contributed by atoms with Gasteiger partial charge in [-0.15, -0.1) is 11.8 Å². The van der Waals surface area contributed by atoms with E-state index in [1.165, 1.54) is 11.8 Å². The van der Waals surface area contributed by atoms with Crippen LogP contribution >= 0.6 is 11.8 Å². The Kier molecular flexibility index (Phi) is 9.59. The fourth-order valence-electron chi connectivity index (χ4n) is 3.35. The number of aryl methyl sites for hydroxylation is 1. The van der Waals surface area contributed by atoms with E-state index >= 15 is 0 Å². The first-order chi connectivity index (χ1) is 16.5. The van der Waals surface area contributed by atoms with Gasteiger partial charge in [-0.05, 0) is 73.9 Å². The van der Waals surface area contributed by atoms with Gasteiger partial charge in [0, 0.05) is 21.8 Å². The van der Waals surface area contributed by atoms with Gasteiger partial charge in [-0.2, -0.15) is 0 Å². The van der Waals surface area contributed by atoms with Crippen LogP contribution in [0.5, 0.6) is 5.75 Å². The lowest BCUT2D eigenvalue weighted by molar-refractivity contribution is -0.115. The van der Waals surface area contributed by atoms with Gasteiger partial charge in [0.1, 0.15) is 5.75 Å². The van der Waals surface area contributed by atoms with Crippen LogP contribution in [0, 0.1) is 6.92 Å². The molecule has 178 valence electrons. The van der Waals surface area contributed by atoms with E-state index in [0.717, 1.165) is 34.7 Å². The Morgan fingerprint density at radius 3 is 2.38 bits per heavy atom. The van der Waals surface area contributed by atoms with E-state index in [1.807, 2.05) is 86.6 Å². The molecule has 6 heteroatoms. The van der Waals surface area contributed by atoms with E-state index in [2.05, 4.69) is 17.6 Å². The summed E-state index contributed by atoms with van der Waals surface area (Å²) in [5.41, 5.74) is 3.01. The van der Waals surface area contributed by atoms with Crippen LogP contribution < -0.4 is 15.4 Å². The number of unbranched alkanes of at least 4 members (excludes halogenated alkanes) is 1. The van der Waals surface area contributed by atoms with Gasteiger partial charge in [0.15, 0.2) is 0 Å². The lowest BCUT2D eigenvalue weighted by Crippen LogP contribution is -2.24. The van der Waals surface area contributed by atoms with Crippen LogP contribution in [0.15, 0.2) is 77.7 Å². The Labute approximate surface area is 206 Å². The molecular formula is C28H32N2O3S. The molecule has 0 aliphatic carbocycles. The molecule has 1 unspecified atom stereocenters. The summed E-state index contributed by atoms with van der Waals surface area (Å²) in [5.74, 6) is 0.603. The highest BCUT2D eigenvalue weighted by atomic mass is 32.2. The van der Waals surface area contributed by atoms with Crippen LogP contribution in [0.1, 0.15) is 49.0 Å². The average Bonchev–Trinajstić information content (AvgIpc) is 2.84. The highest BCUT2D eigenvalue weighted by Crippen LogP contribution is 2.29. The normalized spacial score (nSPS) is 11.5. The van der Waals surface area contributed by atoms with Crippen molar-refractivity contribution < 1.29 is 14.3 Å². The molecule has 3 aromatic carbocycles. The van der Waals surface area contributed by atoms with Crippen molar-refractivity contribution in [3.05, 3.63) is 83.9 Å². The van der Waals surface area contributed by atoms with Gasteiger partial charge < -0.3 is 15.4 Å². The molecule has 2 N–H and O–H groups in total. The number of hydrogen-bond donors (Lipinski definition) is 2. The molecule has 0 aromatic heterocycles. The number of rotatable bonds is 11. The summed E-state index contributed by atoms with van der Waals surface area (Å²) in [5, 5.41) is 5.69. The van der Waals surface area contributed by atoms with Crippen molar-refractivity contribution in [2.24, 2.45) is 0 Å². The van der Waals surface area contributed by atoms with Gasteiger partial charge in [0.2, 0.25) is 5.91 Å². The van der Waals surface area contributed by atoms with Gasteiger partial charge in [-0.1, -0.05) is 44.5 Å². The number of carbonyl (C=O) groups excluding carboxylic acids is 2. The van der Waals surface area contributed by atoms with Crippen LogP contribution in [0.2, 0.25) is 0 Å². The smallest absolute Gasteiger partial charge is 0.255 e. The summed E-state index contributed by atoms with van der Waals surface area (Å²) in [6.45, 7) is 6.73. The topological polar surface area (TPSA) is 67.4 Å². The number of nitrogens with one attached hydrogen (secondary N) is 2. The SMILES string of the molecule is CCCCOc1ccc(NC(=O)C(CC)Sc2cccc(NC(=O)c3ccccc3C)c2)cc1. The van der Waals surface area contributed by atoms with Crippen molar-refractivity contribution in [1.29, 1.82) is 0 Å². The van der Waals surface area contributed by atoms with Crippen LogP contribution in [0.4, 0.5) is 11.4 Å². The summed E-state index contributed by atoms with van der Waals surface area (Å²) >= 11 is 1.48. The zero-order valence-electron chi connectivity index (χ0n) is 20.0. The number of ether oxygens (including phenoxy) is 1. The van der Waals surface area contributed by atoms with Gasteiger partial charge in [-0.25, -0.2) is 0 Å². The third kappa shape index (κ3) is 7.39. The number of benzene rings is 3. The first kappa shape index (κ1) is 25.4. The van der Waals surface area contributed by atoms with Crippen LogP contribution in [0.25, 0.3) is 0 Å². The molecule has 0 aliphatic heterocycles. The van der Waals surface area contributed by atoms with E-state index in [-0.39, 0.29) is 17.1 Å². The van der Waals surface area contributed by atoms with Crippen molar-refractivity contribution in [2.75, 3.05) is 17.2 Å². The van der Waals surface area contributed by atoms with Crippen molar-refractivity contribution in [1.82, 2.24) is 0 Å². The Hall–Kier alpha value is -3.25. The molecule has 0 aliphatic rings. The zero-order valence-corrected chi connectivity index (χ0v) is 20.8. The van der Waals surface area contributed by atoms with Gasteiger partial charge in [0.25, 0.3) is 5.91 Å². The maximum Gasteiger partial charge on any atom is 0.255 e. The molecule has 0 saturated heterocycles. The van der Waals surface area contributed by atoms with Crippen molar-refractivity contribution in [3.8, 4) is 5.75 Å². The molecule has 5 nitrogen and oxygen atoms in total. The third-order valence-electron chi connectivity index (χ3n) is 5.31. The molecule has 0 spiro atoms. The largest absolute Gasteiger partial charge is 0.494 e. The minimum Gasteiger partial charge on any atom is -0.494 e. The quantitative estimate of drug-likeness (QED) is 0.232. The fourth-order valence-corrected chi connectivity index (χ4v) is 4.36. The fraction of sp³-hybridized carbons (Fsp3) is 0.286. The maximum atomic E-state index is 12.9. The first-order valence-electron chi connectivity index (χ1n) is 11.7. The standard InChI is InChI=1S/C28H32N2O3S/c1-4-6-18-33-23-16-14-21(15-17-23)29-28(32)26(5-2)34-24-12-9-11-22(19-24)30-27(31)25-13-8-7-10-20(25)3/h7-17,19,26H,4-6,18H2,1-3H3,(H,29,32)(H,30,31). The lowest BCUT2D eigenvalue weighted by atomic mass is 10.1. The molecule has 1 atom stereocenters. The number of hydrogen-bond acceptors (Lipinski definition) is 4.